The predicted octanol–water partition coefficient (Wildman–Crippen LogP) is 5.83. The summed E-state index contributed by atoms with van der Waals surface area (Å²) in [6.45, 7) is 2.40. The second kappa shape index (κ2) is 15.2. The van der Waals surface area contributed by atoms with Crippen molar-refractivity contribution in [2.24, 2.45) is 0 Å². The summed E-state index contributed by atoms with van der Waals surface area (Å²) < 4.78 is 28.0. The zero-order valence-corrected chi connectivity index (χ0v) is 26.2. The van der Waals surface area contributed by atoms with Gasteiger partial charge in [-0.2, -0.15) is 0 Å². The molecule has 2 N–H and O–H groups in total. The summed E-state index contributed by atoms with van der Waals surface area (Å²) in [5, 5.41) is 11.4. The fourth-order valence-corrected chi connectivity index (χ4v) is 5.60. The molecule has 3 aromatic rings. The van der Waals surface area contributed by atoms with Crippen LogP contribution in [0.15, 0.2) is 60.2 Å². The highest BCUT2D eigenvalue weighted by Crippen LogP contribution is 2.39. The van der Waals surface area contributed by atoms with E-state index in [-0.39, 0.29) is 25.2 Å². The maximum atomic E-state index is 14.0. The molecule has 0 saturated heterocycles. The van der Waals surface area contributed by atoms with Gasteiger partial charge in [0, 0.05) is 46.9 Å². The smallest absolute Gasteiger partial charge is 0.290 e. The molecule has 0 radical (unpaired) electrons. The van der Waals surface area contributed by atoms with Crippen LogP contribution in [-0.4, -0.2) is 68.6 Å². The Labute approximate surface area is 271 Å². The highest BCUT2D eigenvalue weighted by atomic mass is 35.5. The summed E-state index contributed by atoms with van der Waals surface area (Å²) in [6, 6.07) is 17.0. The number of nitrogens with one attached hydrogen (secondary N) is 1. The Morgan fingerprint density at radius 2 is 1.73 bits per heavy atom. The standard InChI is InChI=1S/C32H32Cl2N2O6.CH2O2/c1-38-29-15-22(33)4-9-28(29)40-13-12-39-24-7-2-20(3-8-24)25-10-11-35-17-26(25)32(37)36(23-5-6-23)18-21-14-30-31(16-27(21)34)42-19-41-30;2-1-3/h2-4,7-9,14-16,23,35H,5-6,10-13,17-19H2,1H3;1H,(H,2,3). The van der Waals surface area contributed by atoms with Gasteiger partial charge in [-0.05, 0) is 72.8 Å². The molecule has 10 nitrogen and oxygen atoms in total. The van der Waals surface area contributed by atoms with E-state index in [1.54, 1.807) is 31.4 Å². The van der Waals surface area contributed by atoms with E-state index in [0.717, 1.165) is 53.8 Å². The predicted molar refractivity (Wildman–Crippen MR) is 170 cm³/mol. The number of carboxylic acid groups (broad SMARTS) is 1. The van der Waals surface area contributed by atoms with Crippen molar-refractivity contribution in [3.05, 3.63) is 81.3 Å². The van der Waals surface area contributed by atoms with Crippen molar-refractivity contribution in [1.82, 2.24) is 10.2 Å². The van der Waals surface area contributed by atoms with Gasteiger partial charge in [-0.1, -0.05) is 35.3 Å². The number of benzene rings is 3. The summed E-state index contributed by atoms with van der Waals surface area (Å²) in [7, 11) is 1.58. The van der Waals surface area contributed by atoms with E-state index < -0.39 is 0 Å². The van der Waals surface area contributed by atoms with Gasteiger partial charge >= 0.3 is 0 Å². The molecule has 0 aromatic heterocycles. The first-order valence-corrected chi connectivity index (χ1v) is 15.3. The lowest BCUT2D eigenvalue weighted by Gasteiger charge is -2.28. The Kier molecular flexibility index (Phi) is 10.9. The molecule has 0 bridgehead atoms. The normalized spacial score (nSPS) is 15.1. The maximum absolute atomic E-state index is 14.0. The van der Waals surface area contributed by atoms with Gasteiger partial charge in [0.2, 0.25) is 6.79 Å². The fraction of sp³-hybridized carbons (Fsp3) is 0.333. The van der Waals surface area contributed by atoms with Crippen LogP contribution in [0.25, 0.3) is 5.57 Å². The van der Waals surface area contributed by atoms with Crippen LogP contribution in [0, 0.1) is 0 Å². The van der Waals surface area contributed by atoms with Gasteiger partial charge in [-0.25, -0.2) is 0 Å². The van der Waals surface area contributed by atoms with E-state index in [0.29, 0.717) is 59.3 Å². The first kappa shape index (κ1) is 32.3. The number of amides is 1. The van der Waals surface area contributed by atoms with Gasteiger partial charge in [0.25, 0.3) is 12.4 Å². The first-order valence-electron chi connectivity index (χ1n) is 14.5. The van der Waals surface area contributed by atoms with Gasteiger partial charge in [-0.15, -0.1) is 0 Å². The second-order valence-corrected chi connectivity index (χ2v) is 11.3. The van der Waals surface area contributed by atoms with Crippen LogP contribution in [0.2, 0.25) is 10.0 Å². The van der Waals surface area contributed by atoms with Gasteiger partial charge in [0.05, 0.1) is 7.11 Å². The van der Waals surface area contributed by atoms with Crippen molar-refractivity contribution in [3.63, 3.8) is 0 Å². The first-order chi connectivity index (χ1) is 21.9. The molecule has 2 heterocycles. The van der Waals surface area contributed by atoms with Crippen LogP contribution < -0.4 is 29.0 Å². The maximum Gasteiger partial charge on any atom is 0.290 e. The Morgan fingerprint density at radius 3 is 2.44 bits per heavy atom. The molecule has 45 heavy (non-hydrogen) atoms. The van der Waals surface area contributed by atoms with Crippen molar-refractivity contribution < 1.29 is 38.4 Å². The molecule has 0 unspecified atom stereocenters. The number of carbonyl (C=O) groups is 2. The van der Waals surface area contributed by atoms with Crippen LogP contribution in [0.4, 0.5) is 0 Å². The van der Waals surface area contributed by atoms with Gasteiger partial charge in [-0.3, -0.25) is 9.59 Å². The summed E-state index contributed by atoms with van der Waals surface area (Å²) >= 11 is 12.6. The van der Waals surface area contributed by atoms with Crippen LogP contribution in [0.3, 0.4) is 0 Å². The molecule has 1 amide bonds. The third-order valence-corrected chi connectivity index (χ3v) is 8.13. The van der Waals surface area contributed by atoms with Crippen LogP contribution in [0.5, 0.6) is 28.7 Å². The Balaban J connectivity index is 0.00000128. The molecule has 3 aromatic carbocycles. The minimum Gasteiger partial charge on any atom is -0.493 e. The zero-order chi connectivity index (χ0) is 31.8. The molecular weight excluding hydrogens is 623 g/mol. The summed E-state index contributed by atoms with van der Waals surface area (Å²) in [6.07, 6.45) is 2.75. The van der Waals surface area contributed by atoms with Crippen molar-refractivity contribution in [3.8, 4) is 28.7 Å². The van der Waals surface area contributed by atoms with Crippen molar-refractivity contribution in [2.45, 2.75) is 31.8 Å². The Bertz CT molecular complexity index is 1540. The molecule has 1 saturated carbocycles. The number of hydrogen-bond donors (Lipinski definition) is 2. The van der Waals surface area contributed by atoms with E-state index in [1.165, 1.54) is 0 Å². The molecule has 238 valence electrons. The second-order valence-electron chi connectivity index (χ2n) is 10.5. The number of halogens is 2. The number of hydrogen-bond acceptors (Lipinski definition) is 8. The number of nitrogens with zero attached hydrogens (tertiary/aromatic N) is 1. The lowest BCUT2D eigenvalue weighted by molar-refractivity contribution is -0.128. The van der Waals surface area contributed by atoms with E-state index in [1.807, 2.05) is 35.2 Å². The van der Waals surface area contributed by atoms with Gasteiger partial charge < -0.3 is 39.0 Å². The molecule has 3 aliphatic rings. The van der Waals surface area contributed by atoms with Gasteiger partial charge in [0.1, 0.15) is 19.0 Å². The monoisotopic (exact) mass is 656 g/mol. The molecule has 2 aliphatic heterocycles. The number of carbonyl (C=O) groups excluding carboxylic acids is 1. The SMILES string of the molecule is COc1cc(Cl)ccc1OCCOc1ccc(C2=C(C(=O)N(Cc3cc4c(cc3Cl)OCO4)C3CC3)CNCC2)cc1.O=CO. The van der Waals surface area contributed by atoms with Crippen molar-refractivity contribution in [2.75, 3.05) is 40.2 Å². The van der Waals surface area contributed by atoms with E-state index in [2.05, 4.69) is 5.32 Å². The lowest BCUT2D eigenvalue weighted by Crippen LogP contribution is -2.39. The van der Waals surface area contributed by atoms with E-state index in [4.69, 9.17) is 56.8 Å². The molecule has 1 aliphatic carbocycles. The number of rotatable bonds is 11. The highest BCUT2D eigenvalue weighted by molar-refractivity contribution is 6.31. The number of fused-ring (bicyclic) bond motifs is 1. The molecule has 0 spiro atoms. The third-order valence-electron chi connectivity index (χ3n) is 7.54. The average Bonchev–Trinajstić information content (AvgIpc) is 3.80. The third kappa shape index (κ3) is 8.13. The van der Waals surface area contributed by atoms with Crippen LogP contribution in [-0.2, 0) is 16.1 Å². The summed E-state index contributed by atoms with van der Waals surface area (Å²) in [5.41, 5.74) is 3.73. The molecule has 0 atom stereocenters. The quantitative estimate of drug-likeness (QED) is 0.194. The zero-order valence-electron chi connectivity index (χ0n) is 24.7. The van der Waals surface area contributed by atoms with Crippen molar-refractivity contribution in [1.29, 1.82) is 0 Å². The molecule has 1 fully saturated rings. The van der Waals surface area contributed by atoms with Gasteiger partial charge in [0.15, 0.2) is 23.0 Å². The largest absolute Gasteiger partial charge is 0.493 e. The Hall–Kier alpha value is -4.12. The average molecular weight is 658 g/mol. The van der Waals surface area contributed by atoms with E-state index >= 15 is 0 Å². The molecular formula is C33H34Cl2N2O8. The fourth-order valence-electron chi connectivity index (χ4n) is 5.22. The lowest BCUT2D eigenvalue weighted by atomic mass is 9.93. The highest BCUT2D eigenvalue weighted by Gasteiger charge is 2.36. The van der Waals surface area contributed by atoms with Crippen LogP contribution in [0.1, 0.15) is 30.4 Å². The minimum atomic E-state index is -0.250. The Morgan fingerprint density at radius 1 is 1.02 bits per heavy atom. The molecule has 12 heteroatoms. The molecule has 6 rings (SSSR count). The van der Waals surface area contributed by atoms with Crippen molar-refractivity contribution >= 4 is 41.2 Å². The number of ether oxygens (including phenoxy) is 5. The topological polar surface area (TPSA) is 116 Å². The van der Waals surface area contributed by atoms with Crippen LogP contribution >= 0.6 is 23.2 Å². The number of methoxy groups -OCH3 is 1. The summed E-state index contributed by atoms with van der Waals surface area (Å²) in [5.74, 6) is 3.25. The summed E-state index contributed by atoms with van der Waals surface area (Å²) in [4.78, 5) is 24.3. The van der Waals surface area contributed by atoms with E-state index in [9.17, 15) is 4.79 Å². The minimum absolute atomic E-state index is 0.0449.